The number of aromatic nitrogens is 1. The second-order valence-corrected chi connectivity index (χ2v) is 4.05. The van der Waals surface area contributed by atoms with Gasteiger partial charge in [-0.25, -0.2) is 4.79 Å². The van der Waals surface area contributed by atoms with Gasteiger partial charge < -0.3 is 15.7 Å². The van der Waals surface area contributed by atoms with Gasteiger partial charge in [0, 0.05) is 12.2 Å². The average Bonchev–Trinajstić information content (AvgIpc) is 2.27. The number of hydrogen-bond acceptors (Lipinski definition) is 3. The standard InChI is InChI=1S/C12H17N3O3/c1-3-9(5-11(16)17)14-12(18)15-10-4-8(2)6-13-7-10/h4,6-7,9H,3,5H2,1-2H3,(H,16,17)(H2,14,15,18). The molecular weight excluding hydrogens is 234 g/mol. The van der Waals surface area contributed by atoms with E-state index in [1.807, 2.05) is 13.8 Å². The SMILES string of the molecule is CCC(CC(=O)O)NC(=O)Nc1cncc(C)c1. The zero-order valence-corrected chi connectivity index (χ0v) is 10.4. The number of aliphatic carboxylic acids is 1. The maximum atomic E-state index is 11.6. The Kier molecular flexibility index (Phi) is 5.10. The Morgan fingerprint density at radius 1 is 1.44 bits per heavy atom. The topological polar surface area (TPSA) is 91.3 Å². The second-order valence-electron chi connectivity index (χ2n) is 4.05. The highest BCUT2D eigenvalue weighted by atomic mass is 16.4. The molecule has 0 spiro atoms. The van der Waals surface area contributed by atoms with E-state index in [4.69, 9.17) is 5.11 Å². The van der Waals surface area contributed by atoms with Crippen LogP contribution in [0.25, 0.3) is 0 Å². The maximum Gasteiger partial charge on any atom is 0.319 e. The molecule has 0 aliphatic heterocycles. The van der Waals surface area contributed by atoms with E-state index in [0.29, 0.717) is 12.1 Å². The molecular formula is C12H17N3O3. The third kappa shape index (κ3) is 4.82. The van der Waals surface area contributed by atoms with E-state index in [1.54, 1.807) is 12.3 Å². The number of amides is 2. The predicted molar refractivity (Wildman–Crippen MR) is 67.5 cm³/mol. The minimum Gasteiger partial charge on any atom is -0.481 e. The van der Waals surface area contributed by atoms with Gasteiger partial charge in [-0.3, -0.25) is 9.78 Å². The first-order valence-corrected chi connectivity index (χ1v) is 5.72. The molecule has 3 N–H and O–H groups in total. The number of nitrogens with zero attached hydrogens (tertiary/aromatic N) is 1. The van der Waals surface area contributed by atoms with Crippen LogP contribution < -0.4 is 10.6 Å². The van der Waals surface area contributed by atoms with Gasteiger partial charge in [-0.15, -0.1) is 0 Å². The molecule has 0 saturated heterocycles. The quantitative estimate of drug-likeness (QED) is 0.743. The summed E-state index contributed by atoms with van der Waals surface area (Å²) in [5.41, 5.74) is 1.52. The molecule has 0 radical (unpaired) electrons. The van der Waals surface area contributed by atoms with Crippen molar-refractivity contribution in [3.8, 4) is 0 Å². The fourth-order valence-corrected chi connectivity index (χ4v) is 1.48. The van der Waals surface area contributed by atoms with Crippen molar-refractivity contribution in [1.29, 1.82) is 0 Å². The fourth-order valence-electron chi connectivity index (χ4n) is 1.48. The maximum absolute atomic E-state index is 11.6. The van der Waals surface area contributed by atoms with Gasteiger partial charge in [0.1, 0.15) is 0 Å². The van der Waals surface area contributed by atoms with Gasteiger partial charge in [-0.1, -0.05) is 6.92 Å². The summed E-state index contributed by atoms with van der Waals surface area (Å²) in [6, 6.07) is 0.987. The molecule has 1 unspecified atom stereocenters. The van der Waals surface area contributed by atoms with Crippen LogP contribution in [0.4, 0.5) is 10.5 Å². The number of carboxylic acid groups (broad SMARTS) is 1. The molecule has 18 heavy (non-hydrogen) atoms. The second kappa shape index (κ2) is 6.58. The van der Waals surface area contributed by atoms with Crippen LogP contribution in [0.15, 0.2) is 18.5 Å². The van der Waals surface area contributed by atoms with Gasteiger partial charge in [-0.05, 0) is 25.0 Å². The van der Waals surface area contributed by atoms with Crippen LogP contribution in [0.3, 0.4) is 0 Å². The average molecular weight is 251 g/mol. The van der Waals surface area contributed by atoms with E-state index in [1.165, 1.54) is 6.20 Å². The monoisotopic (exact) mass is 251 g/mol. The van der Waals surface area contributed by atoms with E-state index in [-0.39, 0.29) is 12.5 Å². The molecule has 2 amide bonds. The Balaban J connectivity index is 2.52. The van der Waals surface area contributed by atoms with Crippen LogP contribution in [0, 0.1) is 6.92 Å². The molecule has 1 heterocycles. The van der Waals surface area contributed by atoms with Crippen molar-refractivity contribution < 1.29 is 14.7 Å². The highest BCUT2D eigenvalue weighted by Crippen LogP contribution is 2.07. The lowest BCUT2D eigenvalue weighted by Crippen LogP contribution is -2.38. The van der Waals surface area contributed by atoms with Crippen molar-refractivity contribution in [3.05, 3.63) is 24.0 Å². The summed E-state index contributed by atoms with van der Waals surface area (Å²) in [5.74, 6) is -0.931. The number of anilines is 1. The van der Waals surface area contributed by atoms with Crippen LogP contribution in [0.5, 0.6) is 0 Å². The molecule has 0 saturated carbocycles. The third-order valence-corrected chi connectivity index (χ3v) is 2.38. The predicted octanol–water partition coefficient (Wildman–Crippen LogP) is 1.76. The fraction of sp³-hybridized carbons (Fsp3) is 0.417. The van der Waals surface area contributed by atoms with E-state index in [9.17, 15) is 9.59 Å². The van der Waals surface area contributed by atoms with E-state index >= 15 is 0 Å². The number of carbonyl (C=O) groups excluding carboxylic acids is 1. The molecule has 6 nitrogen and oxygen atoms in total. The van der Waals surface area contributed by atoms with Gasteiger partial charge in [-0.2, -0.15) is 0 Å². The third-order valence-electron chi connectivity index (χ3n) is 2.38. The first kappa shape index (κ1) is 14.0. The summed E-state index contributed by atoms with van der Waals surface area (Å²) in [6.45, 7) is 3.69. The molecule has 1 aromatic heterocycles. The van der Waals surface area contributed by atoms with Crippen molar-refractivity contribution in [3.63, 3.8) is 0 Å². The lowest BCUT2D eigenvalue weighted by atomic mass is 10.1. The summed E-state index contributed by atoms with van der Waals surface area (Å²) in [7, 11) is 0. The van der Waals surface area contributed by atoms with Crippen molar-refractivity contribution in [2.75, 3.05) is 5.32 Å². The summed E-state index contributed by atoms with van der Waals surface area (Å²) in [4.78, 5) is 26.2. The van der Waals surface area contributed by atoms with Gasteiger partial charge in [0.15, 0.2) is 0 Å². The van der Waals surface area contributed by atoms with Crippen molar-refractivity contribution in [1.82, 2.24) is 10.3 Å². The van der Waals surface area contributed by atoms with Gasteiger partial charge in [0.25, 0.3) is 0 Å². The highest BCUT2D eigenvalue weighted by Gasteiger charge is 2.13. The number of carboxylic acids is 1. The number of carbonyl (C=O) groups is 2. The zero-order chi connectivity index (χ0) is 13.5. The lowest BCUT2D eigenvalue weighted by Gasteiger charge is -2.15. The Bertz CT molecular complexity index is 434. The van der Waals surface area contributed by atoms with E-state index < -0.39 is 12.0 Å². The largest absolute Gasteiger partial charge is 0.481 e. The minimum absolute atomic E-state index is 0.0873. The molecule has 1 atom stereocenters. The first-order chi connectivity index (χ1) is 8.51. The Morgan fingerprint density at radius 3 is 2.72 bits per heavy atom. The number of aryl methyl sites for hydroxylation is 1. The Hall–Kier alpha value is -2.11. The van der Waals surface area contributed by atoms with Crippen molar-refractivity contribution in [2.45, 2.75) is 32.7 Å². The smallest absolute Gasteiger partial charge is 0.319 e. The summed E-state index contributed by atoms with van der Waals surface area (Å²) in [5, 5.41) is 13.9. The van der Waals surface area contributed by atoms with Gasteiger partial charge in [0.2, 0.25) is 0 Å². The number of hydrogen-bond donors (Lipinski definition) is 3. The number of rotatable bonds is 5. The Labute approximate surface area is 105 Å². The lowest BCUT2D eigenvalue weighted by molar-refractivity contribution is -0.137. The molecule has 0 aliphatic carbocycles. The minimum atomic E-state index is -0.931. The first-order valence-electron chi connectivity index (χ1n) is 5.72. The van der Waals surface area contributed by atoms with Gasteiger partial charge in [0.05, 0.1) is 18.3 Å². The number of urea groups is 1. The molecule has 98 valence electrons. The van der Waals surface area contributed by atoms with Crippen LogP contribution in [0.2, 0.25) is 0 Å². The molecule has 0 fully saturated rings. The molecule has 0 aromatic carbocycles. The molecule has 1 rings (SSSR count). The van der Waals surface area contributed by atoms with E-state index in [2.05, 4.69) is 15.6 Å². The zero-order valence-electron chi connectivity index (χ0n) is 10.4. The summed E-state index contributed by atoms with van der Waals surface area (Å²) < 4.78 is 0. The van der Waals surface area contributed by atoms with Crippen LogP contribution in [0.1, 0.15) is 25.3 Å². The van der Waals surface area contributed by atoms with Crippen LogP contribution in [-0.4, -0.2) is 28.1 Å². The molecule has 0 aliphatic rings. The normalized spacial score (nSPS) is 11.7. The Morgan fingerprint density at radius 2 is 2.17 bits per heavy atom. The van der Waals surface area contributed by atoms with Crippen molar-refractivity contribution >= 4 is 17.7 Å². The summed E-state index contributed by atoms with van der Waals surface area (Å²) in [6.07, 6.45) is 3.69. The number of pyridine rings is 1. The molecule has 6 heteroatoms. The molecule has 0 bridgehead atoms. The van der Waals surface area contributed by atoms with Gasteiger partial charge >= 0.3 is 12.0 Å². The van der Waals surface area contributed by atoms with E-state index in [0.717, 1.165) is 5.56 Å². The number of nitrogens with one attached hydrogen (secondary N) is 2. The summed E-state index contributed by atoms with van der Waals surface area (Å²) >= 11 is 0. The molecule has 1 aromatic rings. The van der Waals surface area contributed by atoms with Crippen LogP contribution >= 0.6 is 0 Å². The highest BCUT2D eigenvalue weighted by molar-refractivity contribution is 5.89. The van der Waals surface area contributed by atoms with Crippen molar-refractivity contribution in [2.24, 2.45) is 0 Å². The van der Waals surface area contributed by atoms with Crippen LogP contribution in [-0.2, 0) is 4.79 Å².